The minimum atomic E-state index is 0.279. The summed E-state index contributed by atoms with van der Waals surface area (Å²) in [6, 6.07) is 4.33. The molecule has 4 fully saturated rings. The molecule has 0 radical (unpaired) electrons. The lowest BCUT2D eigenvalue weighted by Gasteiger charge is -2.59. The van der Waals surface area contributed by atoms with E-state index in [1.807, 2.05) is 0 Å². The van der Waals surface area contributed by atoms with E-state index < -0.39 is 0 Å². The standard InChI is InChI=1S/C22H26ClN7/c23-18-1-2-26-9-17(18)11-28-21-27-10-16(8-24)20(30-21)29-12-22-5-13-3-14(6-22)19(25)15(4-13)7-22/h1-2,9-10,13-15,19H,3-7,11-12,25H2,(H2,27,28,29,30)/t13?,14-,15+,19?,22?. The molecule has 3 unspecified atom stereocenters. The number of nitrogens with one attached hydrogen (secondary N) is 2. The van der Waals surface area contributed by atoms with Crippen LogP contribution in [0.1, 0.15) is 43.2 Å². The van der Waals surface area contributed by atoms with Crippen molar-refractivity contribution in [2.75, 3.05) is 17.2 Å². The second-order valence-corrected chi connectivity index (χ2v) is 9.70. The van der Waals surface area contributed by atoms with Crippen LogP contribution in [-0.4, -0.2) is 27.5 Å². The summed E-state index contributed by atoms with van der Waals surface area (Å²) in [5, 5.41) is 16.8. The fraction of sp³-hybridized carbons (Fsp3) is 0.545. The molecule has 0 spiro atoms. The van der Waals surface area contributed by atoms with Gasteiger partial charge < -0.3 is 16.4 Å². The van der Waals surface area contributed by atoms with Crippen molar-refractivity contribution in [1.82, 2.24) is 15.0 Å². The fourth-order valence-corrected chi connectivity index (χ4v) is 6.29. The number of nitriles is 1. The number of rotatable bonds is 6. The highest BCUT2D eigenvalue weighted by Gasteiger charge is 2.54. The summed E-state index contributed by atoms with van der Waals surface area (Å²) in [6.07, 6.45) is 11.2. The molecule has 0 amide bonds. The average molecular weight is 424 g/mol. The quantitative estimate of drug-likeness (QED) is 0.650. The van der Waals surface area contributed by atoms with Gasteiger partial charge in [-0.1, -0.05) is 11.6 Å². The number of anilines is 2. The van der Waals surface area contributed by atoms with Crippen LogP contribution in [0.2, 0.25) is 5.02 Å². The SMILES string of the molecule is N#Cc1cnc(NCc2cnccc2Cl)nc1NCC12CC3C[C@H](C1)C(N)[C@@H](C3)C2. The van der Waals surface area contributed by atoms with Crippen molar-refractivity contribution in [3.05, 3.63) is 40.8 Å². The maximum Gasteiger partial charge on any atom is 0.224 e. The highest BCUT2D eigenvalue weighted by molar-refractivity contribution is 6.31. The Kier molecular flexibility index (Phi) is 5.00. The average Bonchev–Trinajstić information content (AvgIpc) is 2.75. The first kappa shape index (κ1) is 19.5. The predicted molar refractivity (Wildman–Crippen MR) is 116 cm³/mol. The Hall–Kier alpha value is -2.43. The molecule has 156 valence electrons. The molecule has 4 aliphatic rings. The van der Waals surface area contributed by atoms with Gasteiger partial charge in [0.2, 0.25) is 5.95 Å². The Morgan fingerprint density at radius 1 is 1.20 bits per heavy atom. The summed E-state index contributed by atoms with van der Waals surface area (Å²) in [6.45, 7) is 1.30. The van der Waals surface area contributed by atoms with Crippen molar-refractivity contribution < 1.29 is 0 Å². The molecule has 6 rings (SSSR count). The van der Waals surface area contributed by atoms with Crippen LogP contribution in [0.4, 0.5) is 11.8 Å². The van der Waals surface area contributed by atoms with Crippen molar-refractivity contribution in [1.29, 1.82) is 5.26 Å². The van der Waals surface area contributed by atoms with Crippen molar-refractivity contribution in [3.63, 3.8) is 0 Å². The number of nitrogens with two attached hydrogens (primary N) is 1. The zero-order valence-electron chi connectivity index (χ0n) is 16.8. The Morgan fingerprint density at radius 3 is 2.73 bits per heavy atom. The van der Waals surface area contributed by atoms with Gasteiger partial charge in [0.05, 0.1) is 6.20 Å². The second-order valence-electron chi connectivity index (χ2n) is 9.29. The van der Waals surface area contributed by atoms with E-state index in [1.165, 1.54) is 32.1 Å². The van der Waals surface area contributed by atoms with Gasteiger partial charge in [-0.3, -0.25) is 4.98 Å². The zero-order valence-corrected chi connectivity index (χ0v) is 17.6. The largest absolute Gasteiger partial charge is 0.368 e. The molecule has 7 nitrogen and oxygen atoms in total. The third-order valence-corrected chi connectivity index (χ3v) is 7.66. The molecule has 30 heavy (non-hydrogen) atoms. The van der Waals surface area contributed by atoms with Gasteiger partial charge in [0.25, 0.3) is 0 Å². The number of halogens is 1. The van der Waals surface area contributed by atoms with E-state index in [0.717, 1.165) is 18.0 Å². The minimum absolute atomic E-state index is 0.279. The normalized spacial score (nSPS) is 31.4. The number of pyridine rings is 1. The van der Waals surface area contributed by atoms with Crippen molar-refractivity contribution in [2.24, 2.45) is 28.9 Å². The van der Waals surface area contributed by atoms with E-state index in [9.17, 15) is 5.26 Å². The number of aromatic nitrogens is 3. The molecule has 0 saturated heterocycles. The lowest BCUT2D eigenvalue weighted by Crippen LogP contribution is -2.58. The summed E-state index contributed by atoms with van der Waals surface area (Å²) < 4.78 is 0. The van der Waals surface area contributed by atoms with E-state index in [2.05, 4.69) is 31.7 Å². The van der Waals surface area contributed by atoms with E-state index in [4.69, 9.17) is 17.3 Å². The molecular formula is C22H26ClN7. The lowest BCUT2D eigenvalue weighted by atomic mass is 9.48. The van der Waals surface area contributed by atoms with Crippen molar-refractivity contribution in [2.45, 2.75) is 44.7 Å². The van der Waals surface area contributed by atoms with Crippen LogP contribution in [0.5, 0.6) is 0 Å². The molecule has 2 aromatic heterocycles. The highest BCUT2D eigenvalue weighted by Crippen LogP contribution is 2.59. The van der Waals surface area contributed by atoms with Gasteiger partial charge in [0.15, 0.2) is 0 Å². The molecule has 4 saturated carbocycles. The summed E-state index contributed by atoms with van der Waals surface area (Å²) in [5.74, 6) is 3.17. The molecule has 4 N–H and O–H groups in total. The summed E-state index contributed by atoms with van der Waals surface area (Å²) in [4.78, 5) is 12.9. The Balaban J connectivity index is 1.29. The van der Waals surface area contributed by atoms with E-state index in [1.54, 1.807) is 24.7 Å². The van der Waals surface area contributed by atoms with Crippen LogP contribution in [-0.2, 0) is 6.54 Å². The van der Waals surface area contributed by atoms with E-state index >= 15 is 0 Å². The van der Waals surface area contributed by atoms with Gasteiger partial charge in [-0.25, -0.2) is 4.98 Å². The van der Waals surface area contributed by atoms with Crippen LogP contribution in [0.15, 0.2) is 24.7 Å². The Bertz CT molecular complexity index is 972. The third-order valence-electron chi connectivity index (χ3n) is 7.29. The predicted octanol–water partition coefficient (Wildman–Crippen LogP) is 3.57. The highest BCUT2D eigenvalue weighted by atomic mass is 35.5. The molecule has 0 aromatic carbocycles. The molecule has 4 aliphatic carbocycles. The van der Waals surface area contributed by atoms with Gasteiger partial charge in [0, 0.05) is 42.1 Å². The molecule has 2 aromatic rings. The van der Waals surface area contributed by atoms with Gasteiger partial charge in [-0.05, 0) is 61.3 Å². The maximum absolute atomic E-state index is 9.52. The lowest BCUT2D eigenvalue weighted by molar-refractivity contribution is -0.0591. The fourth-order valence-electron chi connectivity index (χ4n) is 6.12. The first-order chi connectivity index (χ1) is 14.5. The van der Waals surface area contributed by atoms with Gasteiger partial charge in [-0.15, -0.1) is 0 Å². The van der Waals surface area contributed by atoms with E-state index in [0.29, 0.717) is 46.8 Å². The summed E-state index contributed by atoms with van der Waals surface area (Å²) >= 11 is 6.19. The first-order valence-electron chi connectivity index (χ1n) is 10.6. The molecule has 4 bridgehead atoms. The molecule has 0 aliphatic heterocycles. The second kappa shape index (κ2) is 7.68. The molecule has 5 atom stereocenters. The van der Waals surface area contributed by atoms with Crippen LogP contribution in [0, 0.1) is 34.5 Å². The molecule has 2 heterocycles. The molecular weight excluding hydrogens is 398 g/mol. The number of hydrogen-bond donors (Lipinski definition) is 3. The Morgan fingerprint density at radius 2 is 2.00 bits per heavy atom. The van der Waals surface area contributed by atoms with Gasteiger partial charge >= 0.3 is 0 Å². The first-order valence-corrected chi connectivity index (χ1v) is 11.0. The summed E-state index contributed by atoms with van der Waals surface area (Å²) in [5.41, 5.74) is 8.09. The zero-order chi connectivity index (χ0) is 20.7. The van der Waals surface area contributed by atoms with Gasteiger partial charge in [0.1, 0.15) is 17.5 Å². The minimum Gasteiger partial charge on any atom is -0.368 e. The van der Waals surface area contributed by atoms with Crippen LogP contribution in [0.25, 0.3) is 0 Å². The number of nitrogens with zero attached hydrogens (tertiary/aromatic N) is 4. The Labute approximate surface area is 181 Å². The van der Waals surface area contributed by atoms with Crippen LogP contribution >= 0.6 is 11.6 Å². The maximum atomic E-state index is 9.52. The van der Waals surface area contributed by atoms with Crippen molar-refractivity contribution >= 4 is 23.4 Å². The monoisotopic (exact) mass is 423 g/mol. The van der Waals surface area contributed by atoms with Gasteiger partial charge in [-0.2, -0.15) is 10.2 Å². The number of hydrogen-bond acceptors (Lipinski definition) is 7. The smallest absolute Gasteiger partial charge is 0.224 e. The van der Waals surface area contributed by atoms with E-state index in [-0.39, 0.29) is 5.41 Å². The topological polar surface area (TPSA) is 113 Å². The van der Waals surface area contributed by atoms with Crippen LogP contribution in [0.3, 0.4) is 0 Å². The van der Waals surface area contributed by atoms with Crippen molar-refractivity contribution in [3.8, 4) is 6.07 Å². The summed E-state index contributed by atoms with van der Waals surface area (Å²) in [7, 11) is 0. The third kappa shape index (κ3) is 3.59. The van der Waals surface area contributed by atoms with Crippen LogP contribution < -0.4 is 16.4 Å². The molecule has 8 heteroatoms.